The molecule has 1 aliphatic heterocycles. The first kappa shape index (κ1) is 19.5. The minimum absolute atomic E-state index is 0.0263. The molecule has 3 aromatic rings. The number of pyridine rings is 1. The predicted octanol–water partition coefficient (Wildman–Crippen LogP) is 4.41. The molecule has 1 amide bonds. The summed E-state index contributed by atoms with van der Waals surface area (Å²) in [6.07, 6.45) is 3.96. The lowest BCUT2D eigenvalue weighted by molar-refractivity contribution is -0.132. The van der Waals surface area contributed by atoms with Gasteiger partial charge in [-0.1, -0.05) is 37.3 Å². The molecular formula is C24H19FN2O3. The zero-order valence-corrected chi connectivity index (χ0v) is 16.2. The fraction of sp³-hybridized carbons (Fsp3) is 0.125. The fourth-order valence-electron chi connectivity index (χ4n) is 3.61. The van der Waals surface area contributed by atoms with Crippen LogP contribution in [0.4, 0.5) is 10.1 Å². The zero-order chi connectivity index (χ0) is 21.3. The summed E-state index contributed by atoms with van der Waals surface area (Å²) in [4.78, 5) is 31.3. The van der Waals surface area contributed by atoms with Crippen LogP contribution in [-0.2, 0) is 16.0 Å². The lowest BCUT2D eigenvalue weighted by Crippen LogP contribution is -2.29. The molecule has 1 atom stereocenters. The number of nitrogens with zero attached hydrogens (tertiary/aromatic N) is 2. The van der Waals surface area contributed by atoms with Gasteiger partial charge in [-0.3, -0.25) is 19.5 Å². The van der Waals surface area contributed by atoms with Crippen molar-refractivity contribution < 1.29 is 19.1 Å². The number of anilines is 1. The summed E-state index contributed by atoms with van der Waals surface area (Å²) < 4.78 is 13.4. The van der Waals surface area contributed by atoms with Gasteiger partial charge in [-0.05, 0) is 47.9 Å². The molecule has 0 bridgehead atoms. The van der Waals surface area contributed by atoms with Crippen LogP contribution in [0.5, 0.6) is 0 Å². The van der Waals surface area contributed by atoms with Crippen molar-refractivity contribution in [3.8, 4) is 0 Å². The van der Waals surface area contributed by atoms with Crippen molar-refractivity contribution in [3.63, 3.8) is 0 Å². The van der Waals surface area contributed by atoms with Crippen LogP contribution in [0.1, 0.15) is 29.7 Å². The highest BCUT2D eigenvalue weighted by Crippen LogP contribution is 2.41. The van der Waals surface area contributed by atoms with E-state index in [1.165, 1.54) is 29.2 Å². The number of aliphatic hydroxyl groups is 1. The first-order chi connectivity index (χ1) is 14.5. The van der Waals surface area contributed by atoms with Crippen molar-refractivity contribution in [1.29, 1.82) is 0 Å². The summed E-state index contributed by atoms with van der Waals surface area (Å²) >= 11 is 0. The van der Waals surface area contributed by atoms with E-state index in [0.29, 0.717) is 16.8 Å². The number of hydrogen-bond acceptors (Lipinski definition) is 4. The van der Waals surface area contributed by atoms with Crippen molar-refractivity contribution >= 4 is 23.1 Å². The largest absolute Gasteiger partial charge is 0.507 e. The van der Waals surface area contributed by atoms with Crippen LogP contribution in [0.3, 0.4) is 0 Å². The Morgan fingerprint density at radius 2 is 1.77 bits per heavy atom. The Kier molecular flexibility index (Phi) is 5.14. The van der Waals surface area contributed by atoms with E-state index in [9.17, 15) is 19.1 Å². The van der Waals surface area contributed by atoms with Crippen LogP contribution in [-0.4, -0.2) is 21.8 Å². The first-order valence-electron chi connectivity index (χ1n) is 9.57. The molecule has 2 aromatic carbocycles. The Morgan fingerprint density at radius 3 is 2.37 bits per heavy atom. The highest BCUT2D eigenvalue weighted by atomic mass is 19.1. The quantitative estimate of drug-likeness (QED) is 0.399. The molecule has 0 radical (unpaired) electrons. The number of aryl methyl sites for hydroxylation is 1. The molecule has 1 fully saturated rings. The number of ketones is 1. The van der Waals surface area contributed by atoms with E-state index in [1.54, 1.807) is 36.7 Å². The van der Waals surface area contributed by atoms with Crippen LogP contribution in [0.25, 0.3) is 5.76 Å². The minimum atomic E-state index is -0.880. The zero-order valence-electron chi connectivity index (χ0n) is 16.2. The summed E-state index contributed by atoms with van der Waals surface area (Å²) in [5.41, 5.74) is 2.42. The highest BCUT2D eigenvalue weighted by Gasteiger charge is 2.47. The summed E-state index contributed by atoms with van der Waals surface area (Å²) in [5.74, 6) is -2.30. The van der Waals surface area contributed by atoms with Crippen molar-refractivity contribution in [2.45, 2.75) is 19.4 Å². The molecule has 1 unspecified atom stereocenters. The third kappa shape index (κ3) is 3.37. The summed E-state index contributed by atoms with van der Waals surface area (Å²) in [6, 6.07) is 15.0. The molecule has 0 saturated carbocycles. The molecule has 1 N–H and O–H groups in total. The molecule has 6 heteroatoms. The van der Waals surface area contributed by atoms with Gasteiger partial charge in [-0.15, -0.1) is 0 Å². The maximum absolute atomic E-state index is 13.4. The molecule has 2 heterocycles. The molecule has 1 aromatic heterocycles. The van der Waals surface area contributed by atoms with E-state index in [2.05, 4.69) is 4.98 Å². The summed E-state index contributed by atoms with van der Waals surface area (Å²) in [6.45, 7) is 2.02. The summed E-state index contributed by atoms with van der Waals surface area (Å²) in [5, 5.41) is 11.0. The first-order valence-corrected chi connectivity index (χ1v) is 9.57. The van der Waals surface area contributed by atoms with Crippen LogP contribution < -0.4 is 4.90 Å². The number of aromatic nitrogens is 1. The third-order valence-corrected chi connectivity index (χ3v) is 5.18. The Morgan fingerprint density at radius 1 is 1.07 bits per heavy atom. The monoisotopic (exact) mass is 402 g/mol. The number of carbonyl (C=O) groups excluding carboxylic acids is 2. The Bertz CT molecular complexity index is 1120. The van der Waals surface area contributed by atoms with Crippen molar-refractivity contribution in [1.82, 2.24) is 4.98 Å². The van der Waals surface area contributed by atoms with E-state index in [4.69, 9.17) is 0 Å². The number of rotatable bonds is 4. The van der Waals surface area contributed by atoms with Crippen LogP contribution in [0.15, 0.2) is 78.6 Å². The maximum Gasteiger partial charge on any atom is 0.300 e. The molecule has 1 aliphatic rings. The van der Waals surface area contributed by atoms with Crippen LogP contribution in [0.2, 0.25) is 0 Å². The topological polar surface area (TPSA) is 70.5 Å². The van der Waals surface area contributed by atoms with Gasteiger partial charge in [-0.25, -0.2) is 4.39 Å². The van der Waals surface area contributed by atoms with Gasteiger partial charge in [0.2, 0.25) is 0 Å². The van der Waals surface area contributed by atoms with Gasteiger partial charge in [0.25, 0.3) is 11.7 Å². The van der Waals surface area contributed by atoms with E-state index in [0.717, 1.165) is 12.0 Å². The number of aliphatic hydroxyl groups excluding tert-OH is 1. The highest BCUT2D eigenvalue weighted by molar-refractivity contribution is 6.51. The van der Waals surface area contributed by atoms with Gasteiger partial charge in [0.15, 0.2) is 0 Å². The van der Waals surface area contributed by atoms with Crippen molar-refractivity contribution in [2.75, 3.05) is 4.90 Å². The molecule has 0 aliphatic carbocycles. The Labute approximate surface area is 173 Å². The molecule has 4 rings (SSSR count). The van der Waals surface area contributed by atoms with Crippen molar-refractivity contribution in [3.05, 3.63) is 101 Å². The fourth-order valence-corrected chi connectivity index (χ4v) is 3.61. The van der Waals surface area contributed by atoms with Gasteiger partial charge in [0.05, 0.1) is 11.6 Å². The Balaban J connectivity index is 1.90. The molecule has 30 heavy (non-hydrogen) atoms. The van der Waals surface area contributed by atoms with Crippen LogP contribution in [0, 0.1) is 5.82 Å². The van der Waals surface area contributed by atoms with Gasteiger partial charge < -0.3 is 5.11 Å². The number of Topliss-reactive ketones (excluding diaryl/α,β-unsaturated/α-hetero) is 1. The summed E-state index contributed by atoms with van der Waals surface area (Å²) in [7, 11) is 0. The van der Waals surface area contributed by atoms with Gasteiger partial charge >= 0.3 is 0 Å². The SMILES string of the molecule is CCc1ccc(/C(O)=C2/C(=O)C(=O)N(c3ccc(F)cc3)C2c2cccnc2)cc1. The molecular weight excluding hydrogens is 383 g/mol. The standard InChI is InChI=1S/C24H19FN2O3/c1-2-15-5-7-16(8-6-15)22(28)20-21(17-4-3-13-26-14-17)27(24(30)23(20)29)19-11-9-18(25)10-12-19/h3-14,21,28H,2H2,1H3/b22-20-. The van der Waals surface area contributed by atoms with Crippen molar-refractivity contribution in [2.24, 2.45) is 0 Å². The van der Waals surface area contributed by atoms with E-state index < -0.39 is 23.5 Å². The smallest absolute Gasteiger partial charge is 0.300 e. The minimum Gasteiger partial charge on any atom is -0.507 e. The molecule has 5 nitrogen and oxygen atoms in total. The van der Waals surface area contributed by atoms with Crippen LogP contribution >= 0.6 is 0 Å². The average Bonchev–Trinajstić information content (AvgIpc) is 3.05. The molecule has 1 saturated heterocycles. The lowest BCUT2D eigenvalue weighted by Gasteiger charge is -2.25. The van der Waals surface area contributed by atoms with Gasteiger partial charge in [-0.2, -0.15) is 0 Å². The second-order valence-electron chi connectivity index (χ2n) is 6.98. The molecule has 150 valence electrons. The number of carbonyl (C=O) groups is 2. The Hall–Kier alpha value is -3.80. The van der Waals surface area contributed by atoms with E-state index in [-0.39, 0.29) is 11.3 Å². The van der Waals surface area contributed by atoms with Gasteiger partial charge in [0.1, 0.15) is 11.6 Å². The van der Waals surface area contributed by atoms with E-state index >= 15 is 0 Å². The lowest BCUT2D eigenvalue weighted by atomic mass is 9.95. The van der Waals surface area contributed by atoms with Gasteiger partial charge in [0, 0.05) is 23.6 Å². The van der Waals surface area contributed by atoms with E-state index in [1.807, 2.05) is 19.1 Å². The normalized spacial score (nSPS) is 18.1. The average molecular weight is 402 g/mol. The number of amides is 1. The second-order valence-corrected chi connectivity index (χ2v) is 6.98. The third-order valence-electron chi connectivity index (χ3n) is 5.18. The predicted molar refractivity (Wildman–Crippen MR) is 111 cm³/mol. The second kappa shape index (κ2) is 7.91. The number of halogens is 1. The molecule has 0 spiro atoms. The maximum atomic E-state index is 13.4. The number of hydrogen-bond donors (Lipinski definition) is 1. The number of benzene rings is 2.